The first-order valence-electron chi connectivity index (χ1n) is 9.75. The number of nitrogens with zero attached hydrogens (tertiary/aromatic N) is 2. The number of carbonyl (C=O) groups excluding carboxylic acids is 2. The lowest BCUT2D eigenvalue weighted by atomic mass is 9.79. The van der Waals surface area contributed by atoms with Crippen LogP contribution in [0.4, 0.5) is 4.79 Å². The highest BCUT2D eigenvalue weighted by molar-refractivity contribution is 6.00. The Morgan fingerprint density at radius 1 is 1.22 bits per heavy atom. The van der Waals surface area contributed by atoms with Crippen LogP contribution in [0.5, 0.6) is 0 Å². The first-order valence-corrected chi connectivity index (χ1v) is 9.75. The van der Waals surface area contributed by atoms with Crippen molar-refractivity contribution in [1.29, 1.82) is 0 Å². The Kier molecular flexibility index (Phi) is 3.74. The van der Waals surface area contributed by atoms with Crippen molar-refractivity contribution in [2.45, 2.75) is 25.3 Å². The number of likely N-dealkylation sites (tertiary alicyclic amines) is 1. The van der Waals surface area contributed by atoms with Crippen molar-refractivity contribution in [3.8, 4) is 0 Å². The second kappa shape index (κ2) is 6.15. The molecule has 1 aromatic carbocycles. The van der Waals surface area contributed by atoms with E-state index in [1.54, 1.807) is 7.05 Å². The number of hydrogen-bond acceptors (Lipinski definition) is 2. The molecule has 0 saturated carbocycles. The number of aromatic amines is 1. The Labute approximate surface area is 158 Å². The highest BCUT2D eigenvalue weighted by atomic mass is 16.2. The maximum atomic E-state index is 13.1. The fourth-order valence-corrected chi connectivity index (χ4v) is 4.93. The zero-order valence-corrected chi connectivity index (χ0v) is 15.5. The third kappa shape index (κ3) is 2.46. The molecule has 2 atom stereocenters. The highest BCUT2D eigenvalue weighted by Gasteiger charge is 2.40. The predicted molar refractivity (Wildman–Crippen MR) is 104 cm³/mol. The molecule has 2 aliphatic heterocycles. The lowest BCUT2D eigenvalue weighted by Crippen LogP contribution is -2.53. The van der Waals surface area contributed by atoms with E-state index in [0.717, 1.165) is 49.0 Å². The number of nitrogens with one attached hydrogen (secondary N) is 2. The van der Waals surface area contributed by atoms with Gasteiger partial charge >= 0.3 is 6.03 Å². The maximum Gasteiger partial charge on any atom is 0.317 e. The lowest BCUT2D eigenvalue weighted by Gasteiger charge is -2.41. The van der Waals surface area contributed by atoms with Crippen LogP contribution in [0.2, 0.25) is 0 Å². The van der Waals surface area contributed by atoms with Gasteiger partial charge in [-0.25, -0.2) is 4.79 Å². The van der Waals surface area contributed by atoms with Crippen LogP contribution >= 0.6 is 0 Å². The molecule has 0 bridgehead atoms. The van der Waals surface area contributed by atoms with E-state index in [1.165, 1.54) is 10.9 Å². The molecule has 6 nitrogen and oxygen atoms in total. The van der Waals surface area contributed by atoms with Gasteiger partial charge in [0.15, 0.2) is 0 Å². The summed E-state index contributed by atoms with van der Waals surface area (Å²) in [7, 11) is 1.66. The first-order chi connectivity index (χ1) is 13.2. The number of carbonyl (C=O) groups is 2. The van der Waals surface area contributed by atoms with Crippen molar-refractivity contribution in [2.24, 2.45) is 5.92 Å². The number of H-pyrrole nitrogens is 1. The number of benzene rings is 1. The zero-order chi connectivity index (χ0) is 18.5. The van der Waals surface area contributed by atoms with E-state index < -0.39 is 0 Å². The van der Waals surface area contributed by atoms with Crippen molar-refractivity contribution in [3.63, 3.8) is 0 Å². The van der Waals surface area contributed by atoms with E-state index in [0.29, 0.717) is 6.54 Å². The first kappa shape index (κ1) is 16.4. The summed E-state index contributed by atoms with van der Waals surface area (Å²) in [6.07, 6.45) is 7.11. The third-order valence-corrected chi connectivity index (χ3v) is 6.23. The number of fused-ring (bicyclic) bond motifs is 2. The smallest absolute Gasteiger partial charge is 0.317 e. The van der Waals surface area contributed by atoms with Crippen LogP contribution in [0, 0.1) is 5.92 Å². The van der Waals surface area contributed by atoms with E-state index in [-0.39, 0.29) is 23.9 Å². The Balaban J connectivity index is 1.61. The van der Waals surface area contributed by atoms with E-state index in [1.807, 2.05) is 15.9 Å². The van der Waals surface area contributed by atoms with Gasteiger partial charge in [0, 0.05) is 43.8 Å². The maximum absolute atomic E-state index is 13.1. The van der Waals surface area contributed by atoms with Crippen molar-refractivity contribution in [3.05, 3.63) is 41.6 Å². The molecule has 3 amide bonds. The van der Waals surface area contributed by atoms with Gasteiger partial charge in [0.1, 0.15) is 0 Å². The summed E-state index contributed by atoms with van der Waals surface area (Å²) in [4.78, 5) is 32.9. The van der Waals surface area contributed by atoms with Crippen LogP contribution in [-0.4, -0.2) is 59.4 Å². The van der Waals surface area contributed by atoms with Crippen LogP contribution in [0.15, 0.2) is 30.5 Å². The van der Waals surface area contributed by atoms with Gasteiger partial charge in [-0.2, -0.15) is 0 Å². The normalized spacial score (nSPS) is 24.0. The number of rotatable bonds is 1. The Morgan fingerprint density at radius 3 is 2.81 bits per heavy atom. The fraction of sp³-hybridized carbons (Fsp3) is 0.429. The minimum Gasteiger partial charge on any atom is -0.361 e. The zero-order valence-electron chi connectivity index (χ0n) is 15.5. The van der Waals surface area contributed by atoms with Gasteiger partial charge in [-0.15, -0.1) is 0 Å². The van der Waals surface area contributed by atoms with E-state index in [9.17, 15) is 9.59 Å². The molecule has 3 aliphatic rings. The lowest BCUT2D eigenvalue weighted by molar-refractivity contribution is -0.133. The topological polar surface area (TPSA) is 68.4 Å². The molecule has 1 fully saturated rings. The van der Waals surface area contributed by atoms with Crippen molar-refractivity contribution in [2.75, 3.05) is 26.7 Å². The van der Waals surface area contributed by atoms with Crippen LogP contribution in [0.3, 0.4) is 0 Å². The molecule has 1 aromatic heterocycles. The van der Waals surface area contributed by atoms with Gasteiger partial charge < -0.3 is 20.1 Å². The minimum atomic E-state index is -0.276. The van der Waals surface area contributed by atoms with Crippen LogP contribution < -0.4 is 5.32 Å². The molecule has 140 valence electrons. The van der Waals surface area contributed by atoms with E-state index >= 15 is 0 Å². The Hall–Kier alpha value is -2.76. The van der Waals surface area contributed by atoms with E-state index in [4.69, 9.17) is 0 Å². The number of amides is 3. The molecule has 2 N–H and O–H groups in total. The molecule has 5 rings (SSSR count). The van der Waals surface area contributed by atoms with Gasteiger partial charge in [0.2, 0.25) is 5.91 Å². The molecular weight excluding hydrogens is 340 g/mol. The van der Waals surface area contributed by atoms with Gasteiger partial charge in [0.05, 0.1) is 12.0 Å². The molecule has 2 aromatic rings. The van der Waals surface area contributed by atoms with Crippen LogP contribution in [0.1, 0.15) is 24.0 Å². The largest absolute Gasteiger partial charge is 0.361 e. The van der Waals surface area contributed by atoms with Gasteiger partial charge in [-0.3, -0.25) is 4.79 Å². The summed E-state index contributed by atoms with van der Waals surface area (Å²) in [6.45, 7) is 2.11. The minimum absolute atomic E-state index is 0.0264. The second-order valence-electron chi connectivity index (χ2n) is 7.73. The molecular formula is C21H24N4O2. The number of hydrogen-bond donors (Lipinski definition) is 2. The third-order valence-electron chi connectivity index (χ3n) is 6.23. The summed E-state index contributed by atoms with van der Waals surface area (Å²) >= 11 is 0. The summed E-state index contributed by atoms with van der Waals surface area (Å²) in [6, 6.07) is 6.09. The molecule has 1 aliphatic carbocycles. The Bertz CT molecular complexity index is 954. The number of aromatic nitrogens is 1. The monoisotopic (exact) mass is 364 g/mol. The quantitative estimate of drug-likeness (QED) is 0.816. The van der Waals surface area contributed by atoms with Gasteiger partial charge in [0.25, 0.3) is 0 Å². The molecule has 0 unspecified atom stereocenters. The SMILES string of the molecule is CNC(=O)N1C[C@H](C(=O)N2CCCC2)C=C2c3cccc4[nH]cc(c34)C[C@H]21. The molecule has 0 radical (unpaired) electrons. The van der Waals surface area contributed by atoms with Crippen LogP contribution in [-0.2, 0) is 11.2 Å². The predicted octanol–water partition coefficient (Wildman–Crippen LogP) is 2.37. The molecule has 1 saturated heterocycles. The molecule has 27 heavy (non-hydrogen) atoms. The summed E-state index contributed by atoms with van der Waals surface area (Å²) in [5.74, 6) is -0.123. The van der Waals surface area contributed by atoms with E-state index in [2.05, 4.69) is 34.7 Å². The van der Waals surface area contributed by atoms with Gasteiger partial charge in [-0.05, 0) is 42.0 Å². The van der Waals surface area contributed by atoms with Crippen molar-refractivity contribution >= 4 is 28.4 Å². The van der Waals surface area contributed by atoms with Crippen molar-refractivity contribution < 1.29 is 9.59 Å². The second-order valence-corrected chi connectivity index (χ2v) is 7.73. The summed E-state index contributed by atoms with van der Waals surface area (Å²) in [5.41, 5.74) is 4.61. The highest BCUT2D eigenvalue weighted by Crippen LogP contribution is 2.41. The standard InChI is InChI=1S/C21H24N4O2/c1-22-21(27)25-12-14(20(26)24-7-2-3-8-24)9-16-15-5-4-6-17-19(15)13(11-23-17)10-18(16)25/h4-6,9,11,14,18,23H,2-3,7-8,10,12H2,1H3,(H,22,27)/t14-,18-/m1/s1. The average Bonchev–Trinajstić information content (AvgIpc) is 3.37. The summed E-state index contributed by atoms with van der Waals surface area (Å²) in [5, 5.41) is 3.99. The van der Waals surface area contributed by atoms with Gasteiger partial charge in [-0.1, -0.05) is 18.2 Å². The Morgan fingerprint density at radius 2 is 2.04 bits per heavy atom. The fourth-order valence-electron chi connectivity index (χ4n) is 4.93. The average molecular weight is 364 g/mol. The molecule has 0 spiro atoms. The molecule has 6 heteroatoms. The summed E-state index contributed by atoms with van der Waals surface area (Å²) < 4.78 is 0. The van der Waals surface area contributed by atoms with Crippen LogP contribution in [0.25, 0.3) is 16.5 Å². The number of urea groups is 1. The molecule has 3 heterocycles. The van der Waals surface area contributed by atoms with Crippen molar-refractivity contribution in [1.82, 2.24) is 20.1 Å².